The van der Waals surface area contributed by atoms with Crippen molar-refractivity contribution in [1.82, 2.24) is 9.88 Å². The lowest BCUT2D eigenvalue weighted by atomic mass is 10.1. The van der Waals surface area contributed by atoms with E-state index in [4.69, 9.17) is 16.3 Å². The molecule has 128 valence electrons. The van der Waals surface area contributed by atoms with E-state index in [9.17, 15) is 9.59 Å². The number of nitrogens with one attached hydrogen (secondary N) is 1. The first-order valence-electron chi connectivity index (χ1n) is 7.65. The number of hydrogen-bond acceptors (Lipinski definition) is 3. The Bertz CT molecular complexity index is 799. The van der Waals surface area contributed by atoms with Crippen LogP contribution in [0, 0.1) is 13.8 Å². The molecule has 0 aliphatic heterocycles. The minimum absolute atomic E-state index is 0.127. The summed E-state index contributed by atoms with van der Waals surface area (Å²) in [5.74, 6) is -0.390. The molecule has 0 spiro atoms. The van der Waals surface area contributed by atoms with E-state index in [0.29, 0.717) is 24.7 Å². The first-order valence-corrected chi connectivity index (χ1v) is 8.03. The average Bonchev–Trinajstić information content (AvgIpc) is 2.55. The minimum Gasteiger partial charge on any atom is -0.383 e. The van der Waals surface area contributed by atoms with Crippen molar-refractivity contribution in [2.75, 3.05) is 13.7 Å². The van der Waals surface area contributed by atoms with Gasteiger partial charge in [-0.2, -0.15) is 0 Å². The fourth-order valence-corrected chi connectivity index (χ4v) is 2.48. The van der Waals surface area contributed by atoms with Crippen LogP contribution in [0.5, 0.6) is 0 Å². The predicted molar refractivity (Wildman–Crippen MR) is 94.7 cm³/mol. The molecule has 0 fully saturated rings. The second-order valence-corrected chi connectivity index (χ2v) is 6.05. The maximum absolute atomic E-state index is 12.3. The second-order valence-electron chi connectivity index (χ2n) is 5.65. The third-order valence-corrected chi connectivity index (χ3v) is 4.22. The monoisotopic (exact) mass is 348 g/mol. The topological polar surface area (TPSA) is 60.3 Å². The normalized spacial score (nSPS) is 10.7. The maximum Gasteiger partial charge on any atom is 0.257 e. The molecule has 24 heavy (non-hydrogen) atoms. The number of nitrogens with zero attached hydrogens (tertiary/aromatic N) is 1. The van der Waals surface area contributed by atoms with E-state index >= 15 is 0 Å². The summed E-state index contributed by atoms with van der Waals surface area (Å²) in [7, 11) is 1.61. The molecular weight excluding hydrogens is 328 g/mol. The molecule has 0 unspecified atom stereocenters. The van der Waals surface area contributed by atoms with E-state index in [1.54, 1.807) is 19.4 Å². The zero-order valence-corrected chi connectivity index (χ0v) is 14.8. The summed E-state index contributed by atoms with van der Waals surface area (Å²) in [4.78, 5) is 24.4. The average molecular weight is 349 g/mol. The van der Waals surface area contributed by atoms with Crippen LogP contribution in [0.4, 0.5) is 0 Å². The second kappa shape index (κ2) is 8.13. The largest absolute Gasteiger partial charge is 0.383 e. The van der Waals surface area contributed by atoms with Crippen molar-refractivity contribution in [3.63, 3.8) is 0 Å². The molecule has 0 bridgehead atoms. The highest BCUT2D eigenvalue weighted by atomic mass is 35.5. The number of aryl methyl sites for hydroxylation is 2. The Morgan fingerprint density at radius 2 is 2.04 bits per heavy atom. The first-order chi connectivity index (χ1) is 11.4. The van der Waals surface area contributed by atoms with E-state index in [0.717, 1.165) is 16.8 Å². The van der Waals surface area contributed by atoms with Crippen LogP contribution in [0.1, 0.15) is 27.2 Å². The number of halogens is 1. The van der Waals surface area contributed by atoms with Crippen LogP contribution in [-0.4, -0.2) is 24.2 Å². The van der Waals surface area contributed by atoms with Gasteiger partial charge >= 0.3 is 0 Å². The molecule has 1 heterocycles. The maximum atomic E-state index is 12.3. The highest BCUT2D eigenvalue weighted by molar-refractivity contribution is 6.31. The van der Waals surface area contributed by atoms with Gasteiger partial charge < -0.3 is 14.6 Å². The molecule has 6 heteroatoms. The Kier molecular flexibility index (Phi) is 6.17. The molecule has 5 nitrogen and oxygen atoms in total. The van der Waals surface area contributed by atoms with Gasteiger partial charge in [-0.05, 0) is 31.0 Å². The number of hydrogen-bond donors (Lipinski definition) is 1. The molecule has 0 aliphatic rings. The molecule has 2 rings (SSSR count). The number of aromatic nitrogens is 1. The van der Waals surface area contributed by atoms with Crippen LogP contribution in [0.2, 0.25) is 5.02 Å². The van der Waals surface area contributed by atoms with Gasteiger partial charge in [0.2, 0.25) is 0 Å². The van der Waals surface area contributed by atoms with Crippen molar-refractivity contribution in [1.29, 1.82) is 0 Å². The number of carbonyl (C=O) groups excluding carboxylic acids is 1. The summed E-state index contributed by atoms with van der Waals surface area (Å²) in [6, 6.07) is 7.02. The van der Waals surface area contributed by atoms with E-state index < -0.39 is 5.91 Å². The molecule has 0 saturated heterocycles. The summed E-state index contributed by atoms with van der Waals surface area (Å²) in [5, 5.41) is 3.46. The molecule has 0 atom stereocenters. The van der Waals surface area contributed by atoms with Crippen LogP contribution in [0.25, 0.3) is 0 Å². The Hall–Kier alpha value is -2.11. The Morgan fingerprint density at radius 1 is 1.29 bits per heavy atom. The number of carbonyl (C=O) groups is 1. The zero-order valence-electron chi connectivity index (χ0n) is 14.1. The summed E-state index contributed by atoms with van der Waals surface area (Å²) < 4.78 is 6.89. The molecule has 0 radical (unpaired) electrons. The number of pyridine rings is 1. The van der Waals surface area contributed by atoms with Gasteiger partial charge in [-0.3, -0.25) is 9.59 Å². The van der Waals surface area contributed by atoms with Gasteiger partial charge in [0, 0.05) is 43.2 Å². The van der Waals surface area contributed by atoms with Gasteiger partial charge in [0.25, 0.3) is 5.91 Å². The van der Waals surface area contributed by atoms with E-state index in [2.05, 4.69) is 5.32 Å². The van der Waals surface area contributed by atoms with Gasteiger partial charge in [0.15, 0.2) is 5.43 Å². The summed E-state index contributed by atoms with van der Waals surface area (Å²) in [6.45, 7) is 5.16. The Balaban J connectivity index is 2.13. The fourth-order valence-electron chi connectivity index (χ4n) is 2.37. The summed E-state index contributed by atoms with van der Waals surface area (Å²) in [6.07, 6.45) is 1.58. The smallest absolute Gasteiger partial charge is 0.257 e. The number of benzene rings is 1. The van der Waals surface area contributed by atoms with Crippen molar-refractivity contribution >= 4 is 17.5 Å². The van der Waals surface area contributed by atoms with Crippen LogP contribution in [0.15, 0.2) is 35.3 Å². The van der Waals surface area contributed by atoms with Gasteiger partial charge in [-0.25, -0.2) is 0 Å². The van der Waals surface area contributed by atoms with E-state index in [1.165, 1.54) is 6.07 Å². The van der Waals surface area contributed by atoms with Crippen LogP contribution in [-0.2, 0) is 17.8 Å². The van der Waals surface area contributed by atoms with Gasteiger partial charge in [-0.1, -0.05) is 23.7 Å². The Labute approximate surface area is 146 Å². The van der Waals surface area contributed by atoms with Crippen molar-refractivity contribution in [3.8, 4) is 0 Å². The highest BCUT2D eigenvalue weighted by Gasteiger charge is 2.12. The lowest BCUT2D eigenvalue weighted by molar-refractivity contribution is 0.0948. The van der Waals surface area contributed by atoms with Gasteiger partial charge in [0.1, 0.15) is 5.56 Å². The predicted octanol–water partition coefficient (Wildman–Crippen LogP) is 2.69. The molecule has 0 saturated carbocycles. The van der Waals surface area contributed by atoms with Crippen molar-refractivity contribution < 1.29 is 9.53 Å². The van der Waals surface area contributed by atoms with Crippen molar-refractivity contribution in [2.24, 2.45) is 0 Å². The fraction of sp³-hybridized carbons (Fsp3) is 0.333. The van der Waals surface area contributed by atoms with E-state index in [1.807, 2.05) is 30.5 Å². The zero-order chi connectivity index (χ0) is 17.7. The minimum atomic E-state index is -0.390. The van der Waals surface area contributed by atoms with Crippen molar-refractivity contribution in [2.45, 2.75) is 26.9 Å². The van der Waals surface area contributed by atoms with E-state index in [-0.39, 0.29) is 11.0 Å². The first kappa shape index (κ1) is 18.2. The number of amides is 1. The van der Waals surface area contributed by atoms with Crippen LogP contribution < -0.4 is 10.7 Å². The van der Waals surface area contributed by atoms with Crippen molar-refractivity contribution in [3.05, 3.63) is 68.1 Å². The molecule has 1 aromatic heterocycles. The number of ether oxygens (including phenoxy) is 1. The number of rotatable bonds is 6. The SMILES string of the molecule is COCCn1cc(C(=O)NCc2ccc(Cl)c(C)c2)c(=O)cc1C. The lowest BCUT2D eigenvalue weighted by Crippen LogP contribution is -2.29. The van der Waals surface area contributed by atoms with Crippen LogP contribution >= 0.6 is 11.6 Å². The highest BCUT2D eigenvalue weighted by Crippen LogP contribution is 2.16. The van der Waals surface area contributed by atoms with Crippen LogP contribution in [0.3, 0.4) is 0 Å². The quantitative estimate of drug-likeness (QED) is 0.873. The summed E-state index contributed by atoms with van der Waals surface area (Å²) >= 11 is 5.99. The Morgan fingerprint density at radius 3 is 2.71 bits per heavy atom. The molecule has 1 aromatic carbocycles. The summed E-state index contributed by atoms with van der Waals surface area (Å²) in [5.41, 5.74) is 2.51. The third kappa shape index (κ3) is 4.46. The van der Waals surface area contributed by atoms with Gasteiger partial charge in [-0.15, -0.1) is 0 Å². The molecule has 1 amide bonds. The van der Waals surface area contributed by atoms with Gasteiger partial charge in [0.05, 0.1) is 6.61 Å². The molecule has 1 N–H and O–H groups in total. The lowest BCUT2D eigenvalue weighted by Gasteiger charge is -2.12. The number of methoxy groups -OCH3 is 1. The molecular formula is C18H21ClN2O3. The molecule has 2 aromatic rings. The standard InChI is InChI=1S/C18H21ClN2O3/c1-12-8-14(4-5-16(12)19)10-20-18(23)15-11-21(6-7-24-3)13(2)9-17(15)22/h4-5,8-9,11H,6-7,10H2,1-3H3,(H,20,23). The molecule has 0 aliphatic carbocycles. The third-order valence-electron chi connectivity index (χ3n) is 3.80.